The normalized spacial score (nSPS) is 10.6. The predicted octanol–water partition coefficient (Wildman–Crippen LogP) is 4.82. The van der Waals surface area contributed by atoms with Crippen LogP contribution in [0.15, 0.2) is 60.7 Å². The summed E-state index contributed by atoms with van der Waals surface area (Å²) in [7, 11) is 0. The Hall–Kier alpha value is -2.43. The Labute approximate surface area is 166 Å². The van der Waals surface area contributed by atoms with Gasteiger partial charge in [-0.1, -0.05) is 62.4 Å². The van der Waals surface area contributed by atoms with Crippen molar-refractivity contribution in [3.05, 3.63) is 66.2 Å². The van der Waals surface area contributed by atoms with E-state index >= 15 is 0 Å². The van der Waals surface area contributed by atoms with Crippen LogP contribution in [0.5, 0.6) is 0 Å². The number of fused-ring (bicyclic) bond motifs is 1. The molecular weight excluding hydrogens is 360 g/mol. The summed E-state index contributed by atoms with van der Waals surface area (Å²) in [6.45, 7) is 7.24. The number of likely N-dealkylation sites (N-methyl/N-ethyl adjacent to an activating group) is 1. The van der Waals surface area contributed by atoms with Gasteiger partial charge in [-0.05, 0) is 25.2 Å². The van der Waals surface area contributed by atoms with Crippen LogP contribution in [0.1, 0.15) is 24.2 Å². The van der Waals surface area contributed by atoms with E-state index in [-0.39, 0.29) is 18.4 Å². The minimum Gasteiger partial charge on any atom is -0.461 e. The Morgan fingerprint density at radius 3 is 2.37 bits per heavy atom. The second-order valence-corrected chi connectivity index (χ2v) is 6.10. The van der Waals surface area contributed by atoms with Crippen molar-refractivity contribution in [2.45, 2.75) is 13.8 Å². The number of carbonyl (C=O) groups is 1. The molecule has 3 aromatic rings. The van der Waals surface area contributed by atoms with Crippen molar-refractivity contribution >= 4 is 29.3 Å². The third-order valence-corrected chi connectivity index (χ3v) is 4.54. The van der Waals surface area contributed by atoms with E-state index in [0.717, 1.165) is 41.8 Å². The lowest BCUT2D eigenvalue weighted by molar-refractivity contribution is 0.0468. The molecule has 0 amide bonds. The molecule has 0 bridgehead atoms. The van der Waals surface area contributed by atoms with Gasteiger partial charge in [-0.25, -0.2) is 9.78 Å². The molecule has 5 heteroatoms. The SMILES string of the molecule is CCN(CC)CCOC(=O)c1cc(-c2ccccc2)nc2ccccc12.Cl. The van der Waals surface area contributed by atoms with Crippen LogP contribution in [0.4, 0.5) is 0 Å². The zero-order chi connectivity index (χ0) is 18.4. The summed E-state index contributed by atoms with van der Waals surface area (Å²) in [5, 5.41) is 0.819. The smallest absolute Gasteiger partial charge is 0.338 e. The molecule has 0 atom stereocenters. The molecule has 27 heavy (non-hydrogen) atoms. The first-order chi connectivity index (χ1) is 12.7. The zero-order valence-corrected chi connectivity index (χ0v) is 16.5. The maximum Gasteiger partial charge on any atom is 0.338 e. The quantitative estimate of drug-likeness (QED) is 0.547. The summed E-state index contributed by atoms with van der Waals surface area (Å²) in [5.74, 6) is -0.298. The second kappa shape index (κ2) is 10.0. The van der Waals surface area contributed by atoms with Crippen LogP contribution in [-0.4, -0.2) is 42.1 Å². The lowest BCUT2D eigenvalue weighted by Crippen LogP contribution is -2.28. The number of rotatable bonds is 7. The van der Waals surface area contributed by atoms with Gasteiger partial charge in [0.25, 0.3) is 0 Å². The van der Waals surface area contributed by atoms with Gasteiger partial charge in [0.15, 0.2) is 0 Å². The molecule has 1 heterocycles. The molecule has 0 aliphatic rings. The standard InChI is InChI=1S/C22H24N2O2.ClH/c1-3-24(4-2)14-15-26-22(25)19-16-21(17-10-6-5-7-11-17)23-20-13-9-8-12-18(19)20;/h5-13,16H,3-4,14-15H2,1-2H3;1H. The summed E-state index contributed by atoms with van der Waals surface area (Å²) in [6, 6.07) is 19.4. The molecule has 4 nitrogen and oxygen atoms in total. The number of benzene rings is 2. The molecule has 1 aromatic heterocycles. The number of halogens is 1. The summed E-state index contributed by atoms with van der Waals surface area (Å²) in [4.78, 5) is 19.7. The summed E-state index contributed by atoms with van der Waals surface area (Å²) in [5.41, 5.74) is 3.12. The van der Waals surface area contributed by atoms with E-state index in [1.54, 1.807) is 0 Å². The van der Waals surface area contributed by atoms with Crippen molar-refractivity contribution in [2.24, 2.45) is 0 Å². The Morgan fingerprint density at radius 1 is 1.00 bits per heavy atom. The molecule has 0 N–H and O–H groups in total. The van der Waals surface area contributed by atoms with Crippen LogP contribution in [0.2, 0.25) is 0 Å². The number of para-hydroxylation sites is 1. The molecule has 0 aliphatic carbocycles. The minimum atomic E-state index is -0.298. The van der Waals surface area contributed by atoms with Crippen LogP contribution in [0.3, 0.4) is 0 Å². The summed E-state index contributed by atoms with van der Waals surface area (Å²) in [6.07, 6.45) is 0. The highest BCUT2D eigenvalue weighted by molar-refractivity contribution is 6.04. The van der Waals surface area contributed by atoms with Gasteiger partial charge in [0.1, 0.15) is 6.61 Å². The van der Waals surface area contributed by atoms with E-state index < -0.39 is 0 Å². The second-order valence-electron chi connectivity index (χ2n) is 6.10. The maximum absolute atomic E-state index is 12.7. The number of hydrogen-bond acceptors (Lipinski definition) is 4. The first kappa shape index (κ1) is 20.9. The third kappa shape index (κ3) is 5.06. The molecule has 3 rings (SSSR count). The Balaban J connectivity index is 0.00000261. The molecule has 0 unspecified atom stereocenters. The highest BCUT2D eigenvalue weighted by Gasteiger charge is 2.15. The van der Waals surface area contributed by atoms with Crippen molar-refractivity contribution in [1.29, 1.82) is 0 Å². The third-order valence-electron chi connectivity index (χ3n) is 4.54. The molecule has 0 saturated heterocycles. The Bertz CT molecular complexity index is 880. The Kier molecular flexibility index (Phi) is 7.77. The highest BCUT2D eigenvalue weighted by atomic mass is 35.5. The highest BCUT2D eigenvalue weighted by Crippen LogP contribution is 2.25. The van der Waals surface area contributed by atoms with E-state index in [9.17, 15) is 4.79 Å². The van der Waals surface area contributed by atoms with E-state index in [2.05, 4.69) is 18.7 Å². The van der Waals surface area contributed by atoms with Crippen LogP contribution < -0.4 is 0 Å². The molecular formula is C22H25ClN2O2. The van der Waals surface area contributed by atoms with Crippen LogP contribution in [0, 0.1) is 0 Å². The largest absolute Gasteiger partial charge is 0.461 e. The van der Waals surface area contributed by atoms with E-state index in [1.807, 2.05) is 60.7 Å². The van der Waals surface area contributed by atoms with Gasteiger partial charge < -0.3 is 9.64 Å². The average molecular weight is 385 g/mol. The molecule has 2 aromatic carbocycles. The lowest BCUT2D eigenvalue weighted by atomic mass is 10.0. The number of esters is 1. The van der Waals surface area contributed by atoms with Gasteiger partial charge >= 0.3 is 5.97 Å². The predicted molar refractivity (Wildman–Crippen MR) is 112 cm³/mol. The Morgan fingerprint density at radius 2 is 1.67 bits per heavy atom. The summed E-state index contributed by atoms with van der Waals surface area (Å²) >= 11 is 0. The average Bonchev–Trinajstić information content (AvgIpc) is 2.71. The van der Waals surface area contributed by atoms with Crippen molar-refractivity contribution in [2.75, 3.05) is 26.2 Å². The van der Waals surface area contributed by atoms with Gasteiger partial charge in [0, 0.05) is 17.5 Å². The van der Waals surface area contributed by atoms with Crippen LogP contribution in [-0.2, 0) is 4.74 Å². The summed E-state index contributed by atoms with van der Waals surface area (Å²) < 4.78 is 5.55. The monoisotopic (exact) mass is 384 g/mol. The van der Waals surface area contributed by atoms with E-state index in [0.29, 0.717) is 12.2 Å². The first-order valence-corrected chi connectivity index (χ1v) is 9.07. The number of pyridine rings is 1. The topological polar surface area (TPSA) is 42.4 Å². The van der Waals surface area contributed by atoms with Crippen molar-refractivity contribution in [3.63, 3.8) is 0 Å². The molecule has 142 valence electrons. The number of nitrogens with zero attached hydrogens (tertiary/aromatic N) is 2. The number of carbonyl (C=O) groups excluding carboxylic acids is 1. The fraction of sp³-hybridized carbons (Fsp3) is 0.273. The van der Waals surface area contributed by atoms with Gasteiger partial charge in [-0.2, -0.15) is 0 Å². The number of ether oxygens (including phenoxy) is 1. The van der Waals surface area contributed by atoms with E-state index in [4.69, 9.17) is 9.72 Å². The molecule has 0 radical (unpaired) electrons. The van der Waals surface area contributed by atoms with E-state index in [1.165, 1.54) is 0 Å². The fourth-order valence-corrected chi connectivity index (χ4v) is 2.99. The van der Waals surface area contributed by atoms with Crippen LogP contribution in [0.25, 0.3) is 22.2 Å². The fourth-order valence-electron chi connectivity index (χ4n) is 2.99. The van der Waals surface area contributed by atoms with Crippen molar-refractivity contribution in [1.82, 2.24) is 9.88 Å². The minimum absolute atomic E-state index is 0. The molecule has 0 saturated carbocycles. The van der Waals surface area contributed by atoms with Crippen LogP contribution >= 0.6 is 12.4 Å². The molecule has 0 aliphatic heterocycles. The molecule has 0 fully saturated rings. The van der Waals surface area contributed by atoms with Gasteiger partial charge in [0.2, 0.25) is 0 Å². The van der Waals surface area contributed by atoms with Gasteiger partial charge in [0.05, 0.1) is 16.8 Å². The lowest BCUT2D eigenvalue weighted by Gasteiger charge is -2.17. The molecule has 0 spiro atoms. The number of aromatic nitrogens is 1. The first-order valence-electron chi connectivity index (χ1n) is 9.07. The van der Waals surface area contributed by atoms with Crippen molar-refractivity contribution < 1.29 is 9.53 Å². The van der Waals surface area contributed by atoms with Gasteiger partial charge in [-0.3, -0.25) is 0 Å². The van der Waals surface area contributed by atoms with Crippen molar-refractivity contribution in [3.8, 4) is 11.3 Å². The maximum atomic E-state index is 12.7. The zero-order valence-electron chi connectivity index (χ0n) is 15.7. The number of hydrogen-bond donors (Lipinski definition) is 0. The van der Waals surface area contributed by atoms with Gasteiger partial charge in [-0.15, -0.1) is 12.4 Å².